The Bertz CT molecular complexity index is 1790. The molecule has 2 atom stereocenters. The van der Waals surface area contributed by atoms with Gasteiger partial charge in [0.05, 0.1) is 41.7 Å². The molecule has 0 aliphatic carbocycles. The van der Waals surface area contributed by atoms with Crippen molar-refractivity contribution in [1.29, 1.82) is 0 Å². The van der Waals surface area contributed by atoms with Crippen LogP contribution in [0.5, 0.6) is 23.0 Å². The second-order valence-corrected chi connectivity index (χ2v) is 13.3. The summed E-state index contributed by atoms with van der Waals surface area (Å²) in [6.45, 7) is 31.6. The van der Waals surface area contributed by atoms with E-state index in [1.165, 1.54) is 11.1 Å². The van der Waals surface area contributed by atoms with Crippen LogP contribution in [0.1, 0.15) is 105 Å². The molecule has 10 nitrogen and oxygen atoms in total. The van der Waals surface area contributed by atoms with Gasteiger partial charge in [-0.05, 0) is 97.0 Å². The van der Waals surface area contributed by atoms with Crippen molar-refractivity contribution in [3.8, 4) is 23.0 Å². The fraction of sp³-hybridized carbons (Fsp3) is 0.436. The third kappa shape index (κ3) is 26.7. The summed E-state index contributed by atoms with van der Waals surface area (Å²) in [6, 6.07) is 25.4. The van der Waals surface area contributed by atoms with Crippen molar-refractivity contribution in [2.24, 2.45) is 0 Å². The Labute approximate surface area is 394 Å². The highest BCUT2D eigenvalue weighted by Crippen LogP contribution is 2.30. The van der Waals surface area contributed by atoms with E-state index < -0.39 is 0 Å². The second kappa shape index (κ2) is 41.2. The monoisotopic (exact) mass is 905 g/mol. The minimum absolute atomic E-state index is 0.268. The fourth-order valence-electron chi connectivity index (χ4n) is 5.69. The lowest BCUT2D eigenvalue weighted by Gasteiger charge is -2.29. The molecule has 4 aromatic carbocycles. The highest BCUT2D eigenvalue weighted by atomic mass is 16.6. The summed E-state index contributed by atoms with van der Waals surface area (Å²) in [4.78, 5) is 10.5. The number of rotatable bonds is 20. The molecule has 65 heavy (non-hydrogen) atoms. The van der Waals surface area contributed by atoms with E-state index in [1.54, 1.807) is 62.9 Å². The lowest BCUT2D eigenvalue weighted by atomic mass is 10.1. The van der Waals surface area contributed by atoms with Crippen molar-refractivity contribution < 1.29 is 47.4 Å². The molecule has 0 saturated carbocycles. The Hall–Kier alpha value is -5.55. The molecule has 2 unspecified atom stereocenters. The van der Waals surface area contributed by atoms with Crippen LogP contribution in [0.25, 0.3) is 11.5 Å². The van der Waals surface area contributed by atoms with E-state index in [1.807, 2.05) is 96.1 Å². The van der Waals surface area contributed by atoms with Crippen LogP contribution in [0.3, 0.4) is 0 Å². The smallest absolute Gasteiger partial charge is 0.158 e. The molecule has 0 aliphatic rings. The minimum Gasteiger partial charge on any atom is -0.497 e. The fourth-order valence-corrected chi connectivity index (χ4v) is 5.69. The summed E-state index contributed by atoms with van der Waals surface area (Å²) in [7, 11) is 13.1. The summed E-state index contributed by atoms with van der Waals surface area (Å²) in [5.41, 5.74) is 7.11. The zero-order valence-corrected chi connectivity index (χ0v) is 42.9. The highest BCUT2D eigenvalue weighted by molar-refractivity contribution is 5.76. The summed E-state index contributed by atoms with van der Waals surface area (Å²) in [6.07, 6.45) is 3.78. The molecule has 4 rings (SSSR count). The van der Waals surface area contributed by atoms with E-state index in [2.05, 4.69) is 63.1 Å². The second-order valence-electron chi connectivity index (χ2n) is 13.3. The average molecular weight is 905 g/mol. The molecule has 0 spiro atoms. The van der Waals surface area contributed by atoms with E-state index in [0.29, 0.717) is 41.8 Å². The number of carbonyl (C=O) groups is 1. The quantitative estimate of drug-likeness (QED) is 0.0484. The van der Waals surface area contributed by atoms with Crippen molar-refractivity contribution in [2.45, 2.75) is 99.9 Å². The van der Waals surface area contributed by atoms with Gasteiger partial charge in [0.15, 0.2) is 6.10 Å². The predicted molar refractivity (Wildman–Crippen MR) is 273 cm³/mol. The zero-order chi connectivity index (χ0) is 50.2. The number of methoxy groups -OCH3 is 7. The summed E-state index contributed by atoms with van der Waals surface area (Å²) in [5, 5.41) is 0. The molecule has 0 saturated heterocycles. The van der Waals surface area contributed by atoms with Crippen molar-refractivity contribution in [3.05, 3.63) is 144 Å². The van der Waals surface area contributed by atoms with Gasteiger partial charge < -0.3 is 42.6 Å². The van der Waals surface area contributed by atoms with Gasteiger partial charge in [0.1, 0.15) is 46.9 Å². The van der Waals surface area contributed by atoms with Gasteiger partial charge in [0, 0.05) is 51.2 Å². The largest absolute Gasteiger partial charge is 0.497 e. The summed E-state index contributed by atoms with van der Waals surface area (Å²) < 4.78 is 48.3. The van der Waals surface area contributed by atoms with Crippen LogP contribution >= 0.6 is 0 Å². The van der Waals surface area contributed by atoms with Crippen LogP contribution in [0, 0.1) is 6.92 Å². The SMILES string of the molecule is C=C.C=C(OC(CCC)C(COC)OC(=C)c1cccc(CC)c1)c1cc(OC)cc(OC)c1.CC.CC.CCc1cc(C=O)cc(OC)c1.COC.COCc1cc(C)cc(OC)c1. The van der Waals surface area contributed by atoms with Crippen LogP contribution in [0.15, 0.2) is 105 Å². The Morgan fingerprint density at radius 3 is 1.54 bits per heavy atom. The highest BCUT2D eigenvalue weighted by Gasteiger charge is 2.26. The Morgan fingerprint density at radius 2 is 1.06 bits per heavy atom. The number of ether oxygens (including phenoxy) is 9. The molecule has 4 aromatic rings. The molecule has 0 fully saturated rings. The zero-order valence-electron chi connectivity index (χ0n) is 42.9. The normalized spacial score (nSPS) is 10.3. The van der Waals surface area contributed by atoms with Crippen LogP contribution < -0.4 is 18.9 Å². The summed E-state index contributed by atoms with van der Waals surface area (Å²) >= 11 is 0. The van der Waals surface area contributed by atoms with Gasteiger partial charge in [0.2, 0.25) is 0 Å². The number of hydrogen-bond donors (Lipinski definition) is 0. The van der Waals surface area contributed by atoms with Crippen LogP contribution in [0.4, 0.5) is 0 Å². The molecule has 0 bridgehead atoms. The van der Waals surface area contributed by atoms with E-state index in [9.17, 15) is 4.79 Å². The van der Waals surface area contributed by atoms with Crippen molar-refractivity contribution in [3.63, 3.8) is 0 Å². The molecular formula is C55H84O10. The van der Waals surface area contributed by atoms with E-state index in [4.69, 9.17) is 37.9 Å². The Morgan fingerprint density at radius 1 is 0.569 bits per heavy atom. The molecular weight excluding hydrogens is 821 g/mol. The Kier molecular flexibility index (Phi) is 40.4. The standard InChI is InChI=1S/C27H36O5.C10H14O2.C10H12O2.C2H6O.2C2H6.C2H4/c1-8-11-26(31-20(4)23-15-24(29-6)17-25(16-23)30-7)27(18-28-5)32-19(3)22-13-10-12-21(9-2)14-22;1-8-4-9(7-11-2)6-10(5-8)12-3;1-3-8-4-9(7-11)6-10(5-8)12-2;1-3-2;3*1-2/h10,12-17,26-27H,3-4,8-9,11,18H2,1-2,5-7H3;4-6H,7H2,1-3H3;4-7H,3H2,1-2H3;1-2H3;2*1-2H3;1-2H2. The molecule has 364 valence electrons. The number of benzene rings is 4. The van der Waals surface area contributed by atoms with Gasteiger partial charge in [-0.3, -0.25) is 4.79 Å². The number of carbonyl (C=O) groups excluding carboxylic acids is 1. The molecule has 0 amide bonds. The van der Waals surface area contributed by atoms with Gasteiger partial charge in [-0.2, -0.15) is 0 Å². The predicted octanol–water partition coefficient (Wildman–Crippen LogP) is 13.5. The Balaban J connectivity index is -0.000000950. The van der Waals surface area contributed by atoms with Gasteiger partial charge in [-0.15, -0.1) is 13.2 Å². The third-order valence-electron chi connectivity index (χ3n) is 8.66. The van der Waals surface area contributed by atoms with E-state index in [-0.39, 0.29) is 12.2 Å². The molecule has 0 aromatic heterocycles. The van der Waals surface area contributed by atoms with Gasteiger partial charge in [0.25, 0.3) is 0 Å². The van der Waals surface area contributed by atoms with Gasteiger partial charge in [-0.1, -0.05) is 92.3 Å². The van der Waals surface area contributed by atoms with E-state index in [0.717, 1.165) is 65.7 Å². The maximum atomic E-state index is 10.5. The first-order valence-corrected chi connectivity index (χ1v) is 22.1. The van der Waals surface area contributed by atoms with Crippen molar-refractivity contribution in [2.75, 3.05) is 63.5 Å². The van der Waals surface area contributed by atoms with Crippen molar-refractivity contribution >= 4 is 17.8 Å². The van der Waals surface area contributed by atoms with Crippen LogP contribution in [-0.4, -0.2) is 82.0 Å². The topological polar surface area (TPSA) is 100 Å². The van der Waals surface area contributed by atoms with E-state index >= 15 is 0 Å². The lowest BCUT2D eigenvalue weighted by Crippen LogP contribution is -2.34. The lowest BCUT2D eigenvalue weighted by molar-refractivity contribution is -0.0278. The first-order valence-electron chi connectivity index (χ1n) is 22.1. The molecule has 0 heterocycles. The first kappa shape index (κ1) is 63.7. The molecule has 10 heteroatoms. The number of aryl methyl sites for hydroxylation is 3. The first-order chi connectivity index (χ1) is 31.4. The van der Waals surface area contributed by atoms with Crippen LogP contribution in [-0.2, 0) is 43.1 Å². The average Bonchev–Trinajstić information content (AvgIpc) is 3.35. The molecule has 0 aliphatic heterocycles. The maximum absolute atomic E-state index is 10.5. The molecule has 0 N–H and O–H groups in total. The minimum atomic E-state index is -0.345. The van der Waals surface area contributed by atoms with Gasteiger partial charge in [-0.25, -0.2) is 0 Å². The van der Waals surface area contributed by atoms with Crippen LogP contribution in [0.2, 0.25) is 0 Å². The number of hydrogen-bond acceptors (Lipinski definition) is 10. The summed E-state index contributed by atoms with van der Waals surface area (Å²) in [5.74, 6) is 4.10. The molecule has 0 radical (unpaired) electrons. The maximum Gasteiger partial charge on any atom is 0.158 e. The van der Waals surface area contributed by atoms with Gasteiger partial charge >= 0.3 is 0 Å². The third-order valence-corrected chi connectivity index (χ3v) is 8.66. The number of aldehydes is 1. The van der Waals surface area contributed by atoms with Crippen molar-refractivity contribution in [1.82, 2.24) is 0 Å².